The zero-order valence-corrected chi connectivity index (χ0v) is 73.8. The van der Waals surface area contributed by atoms with Gasteiger partial charge in [0, 0.05) is 0 Å². The lowest BCUT2D eigenvalue weighted by Crippen LogP contribution is -2.29. The highest BCUT2D eigenvalue weighted by molar-refractivity contribution is 6.00. The molecule has 131 heavy (non-hydrogen) atoms. The van der Waals surface area contributed by atoms with Gasteiger partial charge in [0.1, 0.15) is 0 Å². The highest BCUT2D eigenvalue weighted by atomic mass is 14.5. The Morgan fingerprint density at radius 3 is 0.557 bits per heavy atom. The summed E-state index contributed by atoms with van der Waals surface area (Å²) in [4.78, 5) is 0. The molecule has 0 heterocycles. The third kappa shape index (κ3) is 15.9. The van der Waals surface area contributed by atoms with Crippen molar-refractivity contribution in [2.24, 2.45) is 0 Å². The molecule has 0 bridgehead atoms. The SMILES string of the molecule is Cc1cc(C)c(-c2cccc3c2-c2cc(C)ccc2C3(c2cc(-c3cccc(-c4cc(-c5ccccc5)cc(-c5ccccc5)c4)c3)cc(-c3cccc(-c4cc(-c5ccccc5)cc(-c5ccccc5)c4)c3)c2)c2cc(-c3cccc(-c4cc(-c5ccccc5)cc(-c5ccccc5)c4)c3)cc(-c3cccc(-c4cc(-c5ccccc5)cc(-c5ccccc5)c4)c3)c2)c(C)c1. The number of hydrogen-bond acceptors (Lipinski definition) is 0. The average Bonchev–Trinajstić information content (AvgIpc) is 1.53. The Morgan fingerprint density at radius 1 is 0.122 bits per heavy atom. The Bertz CT molecular complexity index is 6840. The molecule has 0 saturated carbocycles. The molecule has 0 aliphatic heterocycles. The molecule has 1 aliphatic rings. The zero-order valence-electron chi connectivity index (χ0n) is 73.8. The van der Waals surface area contributed by atoms with Gasteiger partial charge in [0.15, 0.2) is 0 Å². The van der Waals surface area contributed by atoms with Crippen molar-refractivity contribution in [2.75, 3.05) is 0 Å². The van der Waals surface area contributed by atoms with Crippen molar-refractivity contribution in [3.05, 3.63) is 542 Å². The fourth-order valence-electron chi connectivity index (χ4n) is 20.5. The quantitative estimate of drug-likeness (QED) is 0.0757. The normalized spacial score (nSPS) is 11.9. The molecule has 0 radical (unpaired) electrons. The van der Waals surface area contributed by atoms with Crippen molar-refractivity contribution < 1.29 is 0 Å². The first-order chi connectivity index (χ1) is 64.5. The van der Waals surface area contributed by atoms with Crippen molar-refractivity contribution in [1.29, 1.82) is 0 Å². The summed E-state index contributed by atoms with van der Waals surface area (Å²) >= 11 is 0. The van der Waals surface area contributed by atoms with Gasteiger partial charge in [-0.3, -0.25) is 0 Å². The highest BCUT2D eigenvalue weighted by Crippen LogP contribution is 2.61. The van der Waals surface area contributed by atoms with Gasteiger partial charge >= 0.3 is 0 Å². The van der Waals surface area contributed by atoms with Crippen LogP contribution in [-0.2, 0) is 5.41 Å². The molecule has 618 valence electrons. The summed E-state index contributed by atoms with van der Waals surface area (Å²) in [7, 11) is 0. The third-order valence-corrected chi connectivity index (χ3v) is 26.7. The topological polar surface area (TPSA) is 0 Å². The number of rotatable bonds is 19. The van der Waals surface area contributed by atoms with Crippen LogP contribution in [0.4, 0.5) is 0 Å². The van der Waals surface area contributed by atoms with Crippen LogP contribution < -0.4 is 0 Å². The summed E-state index contributed by atoms with van der Waals surface area (Å²) < 4.78 is 0. The first kappa shape index (κ1) is 80.4. The summed E-state index contributed by atoms with van der Waals surface area (Å²) in [5.41, 5.74) is 50.2. The molecule has 0 nitrogen and oxygen atoms in total. The van der Waals surface area contributed by atoms with Crippen LogP contribution in [0.25, 0.3) is 200 Å². The molecule has 22 rings (SSSR count). The van der Waals surface area contributed by atoms with E-state index in [2.05, 4.69) is 525 Å². The molecule has 0 fully saturated rings. The molecular formula is C131H94. The highest BCUT2D eigenvalue weighted by Gasteiger charge is 2.48. The summed E-state index contributed by atoms with van der Waals surface area (Å²) in [6.07, 6.45) is 0. The second-order valence-electron chi connectivity index (χ2n) is 35.3. The van der Waals surface area contributed by atoms with Gasteiger partial charge < -0.3 is 0 Å². The predicted molar refractivity (Wildman–Crippen MR) is 555 cm³/mol. The van der Waals surface area contributed by atoms with E-state index in [1.165, 1.54) is 100 Å². The molecule has 0 saturated heterocycles. The van der Waals surface area contributed by atoms with E-state index in [0.717, 1.165) is 145 Å². The van der Waals surface area contributed by atoms with Crippen LogP contribution in [0, 0.1) is 27.7 Å². The molecule has 0 aromatic heterocycles. The van der Waals surface area contributed by atoms with Crippen molar-refractivity contribution in [3.8, 4) is 200 Å². The first-order valence-corrected chi connectivity index (χ1v) is 45.6. The summed E-state index contributed by atoms with van der Waals surface area (Å²) in [5, 5.41) is 0. The van der Waals surface area contributed by atoms with Crippen molar-refractivity contribution in [3.63, 3.8) is 0 Å². The van der Waals surface area contributed by atoms with E-state index in [9.17, 15) is 0 Å². The number of aryl methyl sites for hydroxylation is 4. The minimum Gasteiger partial charge on any atom is -0.0622 e. The molecule has 0 heteroatoms. The molecular weight excluding hydrogens is 1570 g/mol. The van der Waals surface area contributed by atoms with Gasteiger partial charge in [-0.25, -0.2) is 0 Å². The number of benzene rings is 21. The molecule has 21 aromatic carbocycles. The van der Waals surface area contributed by atoms with Crippen LogP contribution >= 0.6 is 0 Å². The Morgan fingerprint density at radius 2 is 0.321 bits per heavy atom. The molecule has 0 unspecified atom stereocenters. The number of hydrogen-bond donors (Lipinski definition) is 0. The van der Waals surface area contributed by atoms with Crippen LogP contribution in [0.3, 0.4) is 0 Å². The largest absolute Gasteiger partial charge is 0.0714 e. The Hall–Kier alpha value is -16.4. The van der Waals surface area contributed by atoms with Crippen LogP contribution in [0.5, 0.6) is 0 Å². The second-order valence-corrected chi connectivity index (χ2v) is 35.3. The fraction of sp³-hybridized carbons (Fsp3) is 0.0382. The fourth-order valence-corrected chi connectivity index (χ4v) is 20.5. The van der Waals surface area contributed by atoms with E-state index in [4.69, 9.17) is 0 Å². The molecule has 21 aromatic rings. The maximum Gasteiger partial charge on any atom is 0.0714 e. The monoisotopic (exact) mass is 1670 g/mol. The lowest BCUT2D eigenvalue weighted by molar-refractivity contribution is 0.769. The molecule has 0 amide bonds. The average molecular weight is 1670 g/mol. The van der Waals surface area contributed by atoms with Gasteiger partial charge in [-0.1, -0.05) is 375 Å². The summed E-state index contributed by atoms with van der Waals surface area (Å²) in [5.74, 6) is 0. The molecule has 0 N–H and O–H groups in total. The molecule has 1 aliphatic carbocycles. The Kier molecular flexibility index (Phi) is 21.3. The van der Waals surface area contributed by atoms with Gasteiger partial charge in [-0.15, -0.1) is 0 Å². The summed E-state index contributed by atoms with van der Waals surface area (Å²) in [6, 6.07) is 187. The number of fused-ring (bicyclic) bond motifs is 3. The first-order valence-electron chi connectivity index (χ1n) is 45.6. The van der Waals surface area contributed by atoms with E-state index < -0.39 is 5.41 Å². The minimum absolute atomic E-state index is 1.02. The molecule has 0 atom stereocenters. The standard InChI is InChI=1S/C131H94/c1-87-60-61-127-126(64-87)130-125(129-89(3)62-88(2)63-90(129)4)58-33-59-128(130)131(127,123-83-119(103-54-29-50-99(65-103)115-73-107(91-34-13-5-14-35-91)69-108(74-115)92-36-15-6-16-37-92)81-120(84-123)104-55-30-51-100(66-104)116-75-109(93-38-17-7-18-39-93)70-110(76-116)94-40-19-8-20-41-94)124-85-121(105-56-31-52-101(67-105)117-77-111(95-42-21-9-22-43-95)71-112(78-117)96-44-23-10-24-45-96)82-122(86-124)106-57-32-53-102(68-106)118-79-113(97-46-25-11-26-47-97)72-114(80-118)98-48-27-12-28-49-98/h5-86H,1-4H3. The van der Waals surface area contributed by atoms with E-state index in [-0.39, 0.29) is 0 Å². The van der Waals surface area contributed by atoms with Gasteiger partial charge in [0.25, 0.3) is 0 Å². The summed E-state index contributed by atoms with van der Waals surface area (Å²) in [6.45, 7) is 9.13. The second kappa shape index (κ2) is 34.8. The maximum absolute atomic E-state index is 2.58. The molecule has 0 spiro atoms. The van der Waals surface area contributed by atoms with Crippen LogP contribution in [0.1, 0.15) is 44.5 Å². The Labute approximate surface area is 769 Å². The van der Waals surface area contributed by atoms with Gasteiger partial charge in [-0.2, -0.15) is 0 Å². The van der Waals surface area contributed by atoms with E-state index in [1.807, 2.05) is 0 Å². The lowest BCUT2D eigenvalue weighted by atomic mass is 9.65. The van der Waals surface area contributed by atoms with Crippen molar-refractivity contribution >= 4 is 0 Å². The van der Waals surface area contributed by atoms with Crippen molar-refractivity contribution in [1.82, 2.24) is 0 Å². The predicted octanol–water partition coefficient (Wildman–Crippen LogP) is 35.6. The van der Waals surface area contributed by atoms with Crippen LogP contribution in [0.2, 0.25) is 0 Å². The smallest absolute Gasteiger partial charge is 0.0622 e. The van der Waals surface area contributed by atoms with E-state index in [0.29, 0.717) is 0 Å². The van der Waals surface area contributed by atoms with Gasteiger partial charge in [0.05, 0.1) is 5.41 Å². The van der Waals surface area contributed by atoms with Crippen molar-refractivity contribution in [2.45, 2.75) is 33.1 Å². The lowest BCUT2D eigenvalue weighted by Gasteiger charge is -2.36. The van der Waals surface area contributed by atoms with Gasteiger partial charge in [0.2, 0.25) is 0 Å². The van der Waals surface area contributed by atoms with Gasteiger partial charge in [-0.05, 0) is 395 Å². The van der Waals surface area contributed by atoms with E-state index >= 15 is 0 Å². The van der Waals surface area contributed by atoms with Crippen LogP contribution in [0.15, 0.2) is 497 Å². The minimum atomic E-state index is -1.02. The van der Waals surface area contributed by atoms with Crippen LogP contribution in [-0.4, -0.2) is 0 Å². The zero-order chi connectivity index (χ0) is 87.9. The van der Waals surface area contributed by atoms with E-state index in [1.54, 1.807) is 0 Å². The Balaban J connectivity index is 0.833. The third-order valence-electron chi connectivity index (χ3n) is 26.7. The maximum atomic E-state index is 2.58.